The van der Waals surface area contributed by atoms with Crippen molar-refractivity contribution in [1.82, 2.24) is 26.6 Å². The number of nitrogens with one attached hydrogen (secondary N) is 5. The molecule has 0 spiro atoms. The molecule has 17 heteroatoms. The Labute approximate surface area is 252 Å². The summed E-state index contributed by atoms with van der Waals surface area (Å²) in [5.41, 5.74) is 11.3. The summed E-state index contributed by atoms with van der Waals surface area (Å²) in [6.45, 7) is 1.39. The van der Waals surface area contributed by atoms with E-state index >= 15 is 0 Å². The maximum absolute atomic E-state index is 13.5. The minimum absolute atomic E-state index is 0.0133. The molecule has 1 fully saturated rings. The van der Waals surface area contributed by atoms with Gasteiger partial charge in [0.15, 0.2) is 5.96 Å². The Kier molecular flexibility index (Phi) is 13.5. The second-order valence-corrected chi connectivity index (χ2v) is 10.1. The number of amides is 5. The number of guanidine groups is 1. The number of nitrogens with zero attached hydrogens (tertiary/aromatic N) is 1. The lowest BCUT2D eigenvalue weighted by Gasteiger charge is -2.25. The molecule has 1 aliphatic heterocycles. The van der Waals surface area contributed by atoms with E-state index in [-0.39, 0.29) is 38.2 Å². The van der Waals surface area contributed by atoms with Crippen LogP contribution in [0.3, 0.4) is 0 Å². The Bertz CT molecular complexity index is 1250. The molecule has 44 heavy (non-hydrogen) atoms. The van der Waals surface area contributed by atoms with Crippen LogP contribution in [0.2, 0.25) is 0 Å². The predicted molar refractivity (Wildman–Crippen MR) is 155 cm³/mol. The fraction of sp³-hybridized carbons (Fsp3) is 0.481. The van der Waals surface area contributed by atoms with Crippen molar-refractivity contribution in [2.45, 2.75) is 75.7 Å². The first-order valence-corrected chi connectivity index (χ1v) is 13.8. The number of rotatable bonds is 11. The highest BCUT2D eigenvalue weighted by Gasteiger charge is 2.34. The van der Waals surface area contributed by atoms with Crippen LogP contribution in [0.4, 0.5) is 0 Å². The van der Waals surface area contributed by atoms with Crippen molar-refractivity contribution in [2.24, 2.45) is 16.5 Å². The summed E-state index contributed by atoms with van der Waals surface area (Å²) in [5, 5.41) is 30.7. The van der Waals surface area contributed by atoms with E-state index in [1.165, 1.54) is 6.92 Å². The lowest BCUT2D eigenvalue weighted by molar-refractivity contribution is -0.141. The second kappa shape index (κ2) is 17.0. The first-order valence-electron chi connectivity index (χ1n) is 13.8. The summed E-state index contributed by atoms with van der Waals surface area (Å²) in [5.74, 6) is -7.35. The molecule has 1 aromatic carbocycles. The van der Waals surface area contributed by atoms with Crippen LogP contribution in [0.25, 0.3) is 0 Å². The van der Waals surface area contributed by atoms with Gasteiger partial charge < -0.3 is 48.3 Å². The SMILES string of the molecule is CC1NC(=O)C(CCCN=C(N)N)NC(=O)C(CCC(=O)O)NC(=O)C(Cc2ccccc2)NC(=O)C(CC(=O)O)NC1=O. The van der Waals surface area contributed by atoms with Gasteiger partial charge in [-0.1, -0.05) is 30.3 Å². The monoisotopic (exact) mass is 618 g/mol. The summed E-state index contributed by atoms with van der Waals surface area (Å²) in [7, 11) is 0. The Hall–Kier alpha value is -5.22. The second-order valence-electron chi connectivity index (χ2n) is 10.1. The van der Waals surface area contributed by atoms with Gasteiger partial charge >= 0.3 is 11.9 Å². The van der Waals surface area contributed by atoms with Crippen molar-refractivity contribution in [3.8, 4) is 0 Å². The Morgan fingerprint density at radius 1 is 0.727 bits per heavy atom. The Morgan fingerprint density at radius 2 is 1.25 bits per heavy atom. The quantitative estimate of drug-likeness (QED) is 0.0688. The van der Waals surface area contributed by atoms with Crippen LogP contribution in [0.15, 0.2) is 35.3 Å². The van der Waals surface area contributed by atoms with E-state index in [9.17, 15) is 43.8 Å². The van der Waals surface area contributed by atoms with Gasteiger partial charge in [0.25, 0.3) is 0 Å². The van der Waals surface area contributed by atoms with Crippen LogP contribution in [-0.4, -0.2) is 94.4 Å². The lowest BCUT2D eigenvalue weighted by Crippen LogP contribution is -2.58. The van der Waals surface area contributed by atoms with Gasteiger partial charge in [-0.15, -0.1) is 0 Å². The highest BCUT2D eigenvalue weighted by atomic mass is 16.4. The third kappa shape index (κ3) is 11.9. The zero-order valence-electron chi connectivity index (χ0n) is 24.1. The fourth-order valence-corrected chi connectivity index (χ4v) is 4.25. The molecule has 1 heterocycles. The first-order chi connectivity index (χ1) is 20.8. The van der Waals surface area contributed by atoms with E-state index in [2.05, 4.69) is 31.6 Å². The molecule has 0 bridgehead atoms. The molecule has 1 saturated heterocycles. The molecule has 240 valence electrons. The predicted octanol–water partition coefficient (Wildman–Crippen LogP) is -2.92. The van der Waals surface area contributed by atoms with Crippen LogP contribution in [0.1, 0.15) is 44.6 Å². The number of hydrogen-bond acceptors (Lipinski definition) is 8. The minimum atomic E-state index is -1.63. The molecule has 0 aliphatic carbocycles. The normalized spacial score (nSPS) is 23.4. The highest BCUT2D eigenvalue weighted by molar-refractivity contribution is 5.98. The van der Waals surface area contributed by atoms with Gasteiger partial charge in [0.05, 0.1) is 6.42 Å². The van der Waals surface area contributed by atoms with Crippen molar-refractivity contribution in [2.75, 3.05) is 6.54 Å². The van der Waals surface area contributed by atoms with E-state index in [0.717, 1.165) is 0 Å². The van der Waals surface area contributed by atoms with Gasteiger partial charge in [-0.3, -0.25) is 38.6 Å². The maximum atomic E-state index is 13.5. The average Bonchev–Trinajstić information content (AvgIpc) is 2.95. The molecule has 2 rings (SSSR count). The molecule has 5 unspecified atom stereocenters. The molecule has 5 amide bonds. The molecule has 1 aliphatic rings. The van der Waals surface area contributed by atoms with Crippen molar-refractivity contribution in [3.63, 3.8) is 0 Å². The molecule has 5 atom stereocenters. The molecule has 11 N–H and O–H groups in total. The summed E-state index contributed by atoms with van der Waals surface area (Å²) < 4.78 is 0. The fourth-order valence-electron chi connectivity index (χ4n) is 4.25. The number of benzene rings is 1. The zero-order valence-corrected chi connectivity index (χ0v) is 24.1. The third-order valence-electron chi connectivity index (χ3n) is 6.54. The maximum Gasteiger partial charge on any atom is 0.305 e. The van der Waals surface area contributed by atoms with E-state index in [1.54, 1.807) is 30.3 Å². The number of carbonyl (C=O) groups is 7. The topological polar surface area (TPSA) is 284 Å². The summed E-state index contributed by atoms with van der Waals surface area (Å²) in [6.07, 6.45) is -1.62. The molecular formula is C27H38N8O9. The van der Waals surface area contributed by atoms with Crippen LogP contribution in [0.5, 0.6) is 0 Å². The van der Waals surface area contributed by atoms with Crippen molar-refractivity contribution >= 4 is 47.4 Å². The molecule has 0 saturated carbocycles. The van der Waals surface area contributed by atoms with E-state index in [0.29, 0.717) is 5.56 Å². The standard InChI is InChI=1S/C27H38N8O9/c1-14-22(40)34-19(13-21(38)39)26(44)35-18(12-15-6-3-2-4-7-15)25(43)33-17(9-10-20(36)37)24(42)32-16(23(41)31-14)8-5-11-30-27(28)29/h2-4,6-7,14,16-19H,5,8-13H2,1H3,(H,31,41)(H,32,42)(H,33,43)(H,34,40)(H,35,44)(H,36,37)(H,38,39)(H4,28,29,30). The van der Waals surface area contributed by atoms with E-state index in [4.69, 9.17) is 11.5 Å². The summed E-state index contributed by atoms with van der Waals surface area (Å²) in [4.78, 5) is 92.8. The number of carboxylic acid groups (broad SMARTS) is 2. The molecule has 1 aromatic rings. The van der Waals surface area contributed by atoms with Gasteiger partial charge in [-0.2, -0.15) is 0 Å². The van der Waals surface area contributed by atoms with Gasteiger partial charge in [-0.05, 0) is 31.7 Å². The van der Waals surface area contributed by atoms with E-state index in [1.807, 2.05) is 0 Å². The number of aliphatic imine (C=N–C) groups is 1. The minimum Gasteiger partial charge on any atom is -0.481 e. The zero-order chi connectivity index (χ0) is 32.8. The van der Waals surface area contributed by atoms with Crippen molar-refractivity contribution in [1.29, 1.82) is 0 Å². The van der Waals surface area contributed by atoms with Crippen LogP contribution in [0, 0.1) is 0 Å². The number of carbonyl (C=O) groups excluding carboxylic acids is 5. The number of carboxylic acids is 2. The van der Waals surface area contributed by atoms with Gasteiger partial charge in [0.2, 0.25) is 29.5 Å². The van der Waals surface area contributed by atoms with E-state index < -0.39 is 84.5 Å². The average molecular weight is 619 g/mol. The van der Waals surface area contributed by atoms with Crippen molar-refractivity contribution in [3.05, 3.63) is 35.9 Å². The molecule has 0 aromatic heterocycles. The van der Waals surface area contributed by atoms with Gasteiger partial charge in [-0.25, -0.2) is 0 Å². The van der Waals surface area contributed by atoms with Crippen LogP contribution in [-0.2, 0) is 40.0 Å². The number of hydrogen-bond donors (Lipinski definition) is 9. The third-order valence-corrected chi connectivity index (χ3v) is 6.54. The first kappa shape index (κ1) is 35.0. The van der Waals surface area contributed by atoms with Crippen LogP contribution < -0.4 is 38.1 Å². The largest absolute Gasteiger partial charge is 0.481 e. The number of aliphatic carboxylic acids is 2. The molecule has 0 radical (unpaired) electrons. The highest BCUT2D eigenvalue weighted by Crippen LogP contribution is 2.09. The summed E-state index contributed by atoms with van der Waals surface area (Å²) >= 11 is 0. The van der Waals surface area contributed by atoms with Crippen LogP contribution >= 0.6 is 0 Å². The summed E-state index contributed by atoms with van der Waals surface area (Å²) in [6, 6.07) is 1.47. The smallest absolute Gasteiger partial charge is 0.305 e. The Balaban J connectivity index is 2.51. The lowest BCUT2D eigenvalue weighted by atomic mass is 10.0. The number of nitrogens with two attached hydrogens (primary N) is 2. The van der Waals surface area contributed by atoms with Gasteiger partial charge in [0.1, 0.15) is 30.2 Å². The Morgan fingerprint density at radius 3 is 1.84 bits per heavy atom. The van der Waals surface area contributed by atoms with Gasteiger partial charge in [0, 0.05) is 19.4 Å². The van der Waals surface area contributed by atoms with Crippen molar-refractivity contribution < 1.29 is 43.8 Å². The molecule has 17 nitrogen and oxygen atoms in total. The molecular weight excluding hydrogens is 580 g/mol.